The lowest BCUT2D eigenvalue weighted by Gasteiger charge is -2.15. The molecular formula is C17H13NO4. The number of nitrogens with zero attached hydrogens (tertiary/aromatic N) is 1. The summed E-state index contributed by atoms with van der Waals surface area (Å²) >= 11 is 0. The average molecular weight is 295 g/mol. The Labute approximate surface area is 127 Å². The van der Waals surface area contributed by atoms with Crippen LogP contribution in [0, 0.1) is 0 Å². The molecule has 0 bridgehead atoms. The number of amides is 1. The van der Waals surface area contributed by atoms with Gasteiger partial charge in [0.25, 0.3) is 11.7 Å². The highest BCUT2D eigenvalue weighted by atomic mass is 16.5. The van der Waals surface area contributed by atoms with Crippen LogP contribution in [-0.4, -0.2) is 24.2 Å². The van der Waals surface area contributed by atoms with Crippen LogP contribution < -0.4 is 4.90 Å². The number of Topliss-reactive ketones (excluding diaryl/α,β-unsaturated/α-hetero) is 1. The Balaban J connectivity index is 1.67. The van der Waals surface area contributed by atoms with E-state index in [0.717, 1.165) is 10.5 Å². The quantitative estimate of drug-likeness (QED) is 0.639. The van der Waals surface area contributed by atoms with E-state index in [-0.39, 0.29) is 13.2 Å². The highest BCUT2D eigenvalue weighted by molar-refractivity contribution is 6.52. The van der Waals surface area contributed by atoms with Crippen LogP contribution in [-0.2, 0) is 20.9 Å². The fraction of sp³-hybridized carbons (Fsp3) is 0.118. The van der Waals surface area contributed by atoms with Gasteiger partial charge >= 0.3 is 5.97 Å². The lowest BCUT2D eigenvalue weighted by Crippen LogP contribution is -2.35. The molecule has 0 atom stereocenters. The van der Waals surface area contributed by atoms with Crippen LogP contribution in [0.25, 0.3) is 0 Å². The molecule has 1 heterocycles. The molecule has 0 N–H and O–H groups in total. The Morgan fingerprint density at radius 1 is 0.955 bits per heavy atom. The number of esters is 1. The van der Waals surface area contributed by atoms with Crippen molar-refractivity contribution in [2.75, 3.05) is 11.4 Å². The van der Waals surface area contributed by atoms with Gasteiger partial charge in [0.2, 0.25) is 0 Å². The summed E-state index contributed by atoms with van der Waals surface area (Å²) in [6.07, 6.45) is 0. The molecule has 0 unspecified atom stereocenters. The first-order valence-corrected chi connectivity index (χ1v) is 6.81. The first kappa shape index (κ1) is 14.0. The van der Waals surface area contributed by atoms with Gasteiger partial charge in [-0.05, 0) is 17.7 Å². The molecule has 5 nitrogen and oxygen atoms in total. The lowest BCUT2D eigenvalue weighted by atomic mass is 10.1. The van der Waals surface area contributed by atoms with Gasteiger partial charge < -0.3 is 4.74 Å². The molecule has 2 aromatic rings. The van der Waals surface area contributed by atoms with Gasteiger partial charge in [-0.1, -0.05) is 42.5 Å². The number of carbonyl (C=O) groups is 3. The molecule has 3 rings (SSSR count). The number of anilines is 1. The van der Waals surface area contributed by atoms with E-state index < -0.39 is 17.7 Å². The van der Waals surface area contributed by atoms with Crippen molar-refractivity contribution in [2.24, 2.45) is 0 Å². The smallest absolute Gasteiger partial charge is 0.326 e. The molecule has 0 radical (unpaired) electrons. The summed E-state index contributed by atoms with van der Waals surface area (Å²) in [5, 5.41) is 0. The van der Waals surface area contributed by atoms with Gasteiger partial charge in [0, 0.05) is 0 Å². The SMILES string of the molecule is O=C(CN1C(=O)C(=O)c2ccccc21)OCc1ccccc1. The molecule has 0 aromatic heterocycles. The third kappa shape index (κ3) is 2.61. The van der Waals surface area contributed by atoms with E-state index in [2.05, 4.69) is 0 Å². The maximum Gasteiger partial charge on any atom is 0.326 e. The Hall–Kier alpha value is -2.95. The van der Waals surface area contributed by atoms with Gasteiger partial charge in [-0.2, -0.15) is 0 Å². The number of carbonyl (C=O) groups excluding carboxylic acids is 3. The van der Waals surface area contributed by atoms with Crippen LogP contribution in [0.3, 0.4) is 0 Å². The van der Waals surface area contributed by atoms with Crippen molar-refractivity contribution in [3.05, 3.63) is 65.7 Å². The van der Waals surface area contributed by atoms with Crippen LogP contribution in [0.4, 0.5) is 5.69 Å². The van der Waals surface area contributed by atoms with Crippen molar-refractivity contribution in [3.8, 4) is 0 Å². The van der Waals surface area contributed by atoms with Crippen molar-refractivity contribution >= 4 is 23.3 Å². The van der Waals surface area contributed by atoms with Crippen molar-refractivity contribution in [3.63, 3.8) is 0 Å². The molecule has 0 fully saturated rings. The minimum atomic E-state index is -0.696. The fourth-order valence-electron chi connectivity index (χ4n) is 2.32. The van der Waals surface area contributed by atoms with Crippen LogP contribution in [0.15, 0.2) is 54.6 Å². The second-order valence-corrected chi connectivity index (χ2v) is 4.88. The highest BCUT2D eigenvalue weighted by Gasteiger charge is 2.36. The van der Waals surface area contributed by atoms with E-state index in [1.807, 2.05) is 30.3 Å². The summed E-state index contributed by atoms with van der Waals surface area (Å²) in [5.41, 5.74) is 1.64. The number of fused-ring (bicyclic) bond motifs is 1. The highest BCUT2D eigenvalue weighted by Crippen LogP contribution is 2.28. The molecular weight excluding hydrogens is 282 g/mol. The molecule has 1 aliphatic heterocycles. The molecule has 2 aromatic carbocycles. The largest absolute Gasteiger partial charge is 0.459 e. The Kier molecular flexibility index (Phi) is 3.70. The van der Waals surface area contributed by atoms with E-state index >= 15 is 0 Å². The Morgan fingerprint density at radius 2 is 1.64 bits per heavy atom. The Morgan fingerprint density at radius 3 is 2.41 bits per heavy atom. The molecule has 110 valence electrons. The topological polar surface area (TPSA) is 63.7 Å². The molecule has 1 aliphatic rings. The third-order valence-electron chi connectivity index (χ3n) is 3.41. The van der Waals surface area contributed by atoms with Crippen molar-refractivity contribution < 1.29 is 19.1 Å². The minimum absolute atomic E-state index is 0.136. The standard InChI is InChI=1S/C17H13NO4/c19-15(22-11-12-6-2-1-3-7-12)10-18-14-9-5-4-8-13(14)16(20)17(18)21/h1-9H,10-11H2. The van der Waals surface area contributed by atoms with Gasteiger partial charge in [-0.25, -0.2) is 0 Å². The zero-order valence-corrected chi connectivity index (χ0v) is 11.7. The summed E-state index contributed by atoms with van der Waals surface area (Å²) in [6.45, 7) is -0.133. The van der Waals surface area contributed by atoms with Crippen molar-refractivity contribution in [1.29, 1.82) is 0 Å². The van der Waals surface area contributed by atoms with E-state index in [1.165, 1.54) is 0 Å². The molecule has 0 spiro atoms. The maximum absolute atomic E-state index is 11.9. The number of benzene rings is 2. The first-order chi connectivity index (χ1) is 10.7. The number of para-hydroxylation sites is 1. The number of hydrogen-bond donors (Lipinski definition) is 0. The second kappa shape index (κ2) is 5.81. The van der Waals surface area contributed by atoms with Crippen LogP contribution in [0.5, 0.6) is 0 Å². The number of hydrogen-bond acceptors (Lipinski definition) is 4. The summed E-state index contributed by atoms with van der Waals surface area (Å²) in [6, 6.07) is 15.9. The zero-order chi connectivity index (χ0) is 15.5. The number of ether oxygens (including phenoxy) is 1. The normalized spacial score (nSPS) is 13.2. The van der Waals surface area contributed by atoms with Gasteiger partial charge in [-0.3, -0.25) is 19.3 Å². The minimum Gasteiger partial charge on any atom is -0.459 e. The van der Waals surface area contributed by atoms with E-state index in [1.54, 1.807) is 24.3 Å². The van der Waals surface area contributed by atoms with Crippen molar-refractivity contribution in [1.82, 2.24) is 0 Å². The van der Waals surface area contributed by atoms with E-state index in [9.17, 15) is 14.4 Å². The molecule has 0 aliphatic carbocycles. The van der Waals surface area contributed by atoms with Crippen LogP contribution in [0.1, 0.15) is 15.9 Å². The van der Waals surface area contributed by atoms with Gasteiger partial charge in [0.1, 0.15) is 13.2 Å². The van der Waals surface area contributed by atoms with E-state index in [0.29, 0.717) is 11.3 Å². The van der Waals surface area contributed by atoms with Gasteiger partial charge in [0.15, 0.2) is 0 Å². The predicted octanol–water partition coefficient (Wildman–Crippen LogP) is 1.96. The lowest BCUT2D eigenvalue weighted by molar-refractivity contribution is -0.143. The summed E-state index contributed by atoms with van der Waals surface area (Å²) in [5.74, 6) is -1.84. The first-order valence-electron chi connectivity index (χ1n) is 6.81. The van der Waals surface area contributed by atoms with Crippen LogP contribution in [0.2, 0.25) is 0 Å². The molecule has 0 saturated carbocycles. The summed E-state index contributed by atoms with van der Waals surface area (Å²) < 4.78 is 5.14. The van der Waals surface area contributed by atoms with Crippen molar-refractivity contribution in [2.45, 2.75) is 6.61 Å². The third-order valence-corrected chi connectivity index (χ3v) is 3.41. The maximum atomic E-state index is 11.9. The fourth-order valence-corrected chi connectivity index (χ4v) is 2.32. The van der Waals surface area contributed by atoms with E-state index in [4.69, 9.17) is 4.74 Å². The average Bonchev–Trinajstić information content (AvgIpc) is 2.79. The molecule has 5 heteroatoms. The van der Waals surface area contributed by atoms with Crippen LogP contribution >= 0.6 is 0 Å². The predicted molar refractivity (Wildman–Crippen MR) is 79.4 cm³/mol. The summed E-state index contributed by atoms with van der Waals surface area (Å²) in [4.78, 5) is 36.8. The Bertz CT molecular complexity index is 739. The number of rotatable bonds is 4. The molecule has 1 amide bonds. The monoisotopic (exact) mass is 295 g/mol. The molecule has 22 heavy (non-hydrogen) atoms. The molecule has 0 saturated heterocycles. The zero-order valence-electron chi connectivity index (χ0n) is 11.7. The number of ketones is 1. The second-order valence-electron chi connectivity index (χ2n) is 4.88. The van der Waals surface area contributed by atoms with Gasteiger partial charge in [-0.15, -0.1) is 0 Å². The van der Waals surface area contributed by atoms with Gasteiger partial charge in [0.05, 0.1) is 11.3 Å². The summed E-state index contributed by atoms with van der Waals surface area (Å²) in [7, 11) is 0.